The quantitative estimate of drug-likeness (QED) is 0.660. The topological polar surface area (TPSA) is 38.0 Å². The molecule has 1 saturated carbocycles. The molecule has 1 fully saturated rings. The second kappa shape index (κ2) is 4.62. The fourth-order valence-corrected chi connectivity index (χ4v) is 3.89. The van der Waals surface area contributed by atoms with Crippen LogP contribution in [0.2, 0.25) is 0 Å². The first-order valence-electron chi connectivity index (χ1n) is 6.51. The molecule has 1 atom stereocenters. The molecule has 0 spiro atoms. The van der Waals surface area contributed by atoms with Crippen LogP contribution in [0.5, 0.6) is 0 Å². The molecule has 1 aromatic rings. The van der Waals surface area contributed by atoms with Crippen LogP contribution < -0.4 is 11.3 Å². The van der Waals surface area contributed by atoms with E-state index in [0.717, 1.165) is 10.9 Å². The van der Waals surface area contributed by atoms with Gasteiger partial charge in [-0.25, -0.2) is 0 Å². The van der Waals surface area contributed by atoms with Crippen LogP contribution in [-0.2, 0) is 6.42 Å². The summed E-state index contributed by atoms with van der Waals surface area (Å²) in [6.45, 7) is 9.34. The van der Waals surface area contributed by atoms with Crippen molar-refractivity contribution in [2.45, 2.75) is 40.2 Å². The molecule has 0 bridgehead atoms. The number of rotatable bonds is 4. The molecular formula is C15H23BrN2. The van der Waals surface area contributed by atoms with Crippen LogP contribution in [0.4, 0.5) is 0 Å². The van der Waals surface area contributed by atoms with Crippen LogP contribution in [0.1, 0.15) is 33.3 Å². The SMILES string of the molecule is CC1(C)C(C(Cc2cccc(Br)c2)NN)C1(C)C. The number of nitrogens with one attached hydrogen (secondary N) is 1. The number of halogens is 1. The number of hydrogen-bond acceptors (Lipinski definition) is 2. The van der Waals surface area contributed by atoms with Gasteiger partial charge in [0.25, 0.3) is 0 Å². The Labute approximate surface area is 118 Å². The summed E-state index contributed by atoms with van der Waals surface area (Å²) in [4.78, 5) is 0. The first-order valence-corrected chi connectivity index (χ1v) is 7.30. The van der Waals surface area contributed by atoms with Crippen LogP contribution in [0, 0.1) is 16.7 Å². The van der Waals surface area contributed by atoms with Gasteiger partial charge in [-0.15, -0.1) is 0 Å². The number of hydrogen-bond donors (Lipinski definition) is 2. The van der Waals surface area contributed by atoms with Gasteiger partial charge in [0, 0.05) is 10.5 Å². The highest BCUT2D eigenvalue weighted by atomic mass is 79.9. The molecule has 0 heterocycles. The molecule has 100 valence electrons. The second-order valence-electron chi connectivity index (χ2n) is 6.53. The van der Waals surface area contributed by atoms with E-state index in [9.17, 15) is 0 Å². The lowest BCUT2D eigenvalue weighted by Crippen LogP contribution is -2.40. The van der Waals surface area contributed by atoms with E-state index in [0.29, 0.717) is 22.8 Å². The summed E-state index contributed by atoms with van der Waals surface area (Å²) in [6, 6.07) is 8.81. The highest BCUT2D eigenvalue weighted by molar-refractivity contribution is 9.10. The summed E-state index contributed by atoms with van der Waals surface area (Å²) < 4.78 is 1.13. The highest BCUT2D eigenvalue weighted by Gasteiger charge is 2.66. The Kier molecular flexibility index (Phi) is 3.60. The standard InChI is InChI=1S/C15H23BrN2/c1-14(2)13(15(14,3)4)12(18-17)9-10-6-5-7-11(16)8-10/h5-8,12-13,18H,9,17H2,1-4H3. The first kappa shape index (κ1) is 14.0. The summed E-state index contributed by atoms with van der Waals surface area (Å²) >= 11 is 3.52. The van der Waals surface area contributed by atoms with E-state index in [-0.39, 0.29) is 0 Å². The molecule has 0 aliphatic heterocycles. The zero-order chi connectivity index (χ0) is 13.6. The fourth-order valence-electron chi connectivity index (χ4n) is 3.44. The molecule has 3 N–H and O–H groups in total. The monoisotopic (exact) mass is 310 g/mol. The molecule has 1 aliphatic rings. The maximum Gasteiger partial charge on any atom is 0.0289 e. The van der Waals surface area contributed by atoms with E-state index in [4.69, 9.17) is 5.84 Å². The average molecular weight is 311 g/mol. The van der Waals surface area contributed by atoms with Crippen molar-refractivity contribution >= 4 is 15.9 Å². The zero-order valence-electron chi connectivity index (χ0n) is 11.6. The van der Waals surface area contributed by atoms with Crippen molar-refractivity contribution < 1.29 is 0 Å². The summed E-state index contributed by atoms with van der Waals surface area (Å²) in [6.07, 6.45) is 0.980. The predicted octanol–water partition coefficient (Wildman–Crippen LogP) is 3.51. The van der Waals surface area contributed by atoms with Crippen LogP contribution in [0.25, 0.3) is 0 Å². The Morgan fingerprint density at radius 3 is 2.33 bits per heavy atom. The van der Waals surface area contributed by atoms with Gasteiger partial charge in [0.15, 0.2) is 0 Å². The van der Waals surface area contributed by atoms with E-state index in [2.05, 4.69) is 73.3 Å². The van der Waals surface area contributed by atoms with E-state index < -0.39 is 0 Å². The lowest BCUT2D eigenvalue weighted by molar-refractivity contribution is 0.402. The third-order valence-corrected chi connectivity index (χ3v) is 5.59. The molecule has 1 aliphatic carbocycles. The molecule has 1 aromatic carbocycles. The summed E-state index contributed by atoms with van der Waals surface area (Å²) in [5.41, 5.74) is 5.07. The second-order valence-corrected chi connectivity index (χ2v) is 7.44. The normalized spacial score (nSPS) is 22.8. The third-order valence-electron chi connectivity index (χ3n) is 5.09. The lowest BCUT2D eigenvalue weighted by atomic mass is 9.97. The molecule has 0 radical (unpaired) electrons. The summed E-state index contributed by atoms with van der Waals surface area (Å²) in [7, 11) is 0. The minimum atomic E-state index is 0.337. The lowest BCUT2D eigenvalue weighted by Gasteiger charge is -2.18. The maximum atomic E-state index is 5.78. The van der Waals surface area contributed by atoms with Crippen molar-refractivity contribution in [3.63, 3.8) is 0 Å². The van der Waals surface area contributed by atoms with Crippen molar-refractivity contribution in [2.24, 2.45) is 22.6 Å². The van der Waals surface area contributed by atoms with Gasteiger partial charge in [0.1, 0.15) is 0 Å². The van der Waals surface area contributed by atoms with Gasteiger partial charge in [-0.05, 0) is 40.9 Å². The van der Waals surface area contributed by atoms with Crippen LogP contribution in [-0.4, -0.2) is 6.04 Å². The summed E-state index contributed by atoms with van der Waals surface area (Å²) in [5.74, 6) is 6.40. The molecule has 2 nitrogen and oxygen atoms in total. The molecule has 3 heteroatoms. The van der Waals surface area contributed by atoms with Gasteiger partial charge in [-0.1, -0.05) is 55.8 Å². The van der Waals surface area contributed by atoms with Gasteiger partial charge >= 0.3 is 0 Å². The van der Waals surface area contributed by atoms with Gasteiger partial charge in [-0.3, -0.25) is 11.3 Å². The Morgan fingerprint density at radius 1 is 1.28 bits per heavy atom. The van der Waals surface area contributed by atoms with Crippen molar-refractivity contribution in [2.75, 3.05) is 0 Å². The molecule has 1 unspecified atom stereocenters. The van der Waals surface area contributed by atoms with Crippen molar-refractivity contribution in [1.82, 2.24) is 5.43 Å². The average Bonchev–Trinajstić information content (AvgIpc) is 2.67. The molecular weight excluding hydrogens is 288 g/mol. The van der Waals surface area contributed by atoms with E-state index >= 15 is 0 Å². The van der Waals surface area contributed by atoms with Crippen LogP contribution in [0.3, 0.4) is 0 Å². The number of benzene rings is 1. The van der Waals surface area contributed by atoms with Crippen LogP contribution >= 0.6 is 15.9 Å². The Bertz CT molecular complexity index is 426. The van der Waals surface area contributed by atoms with Crippen molar-refractivity contribution in [3.05, 3.63) is 34.3 Å². The largest absolute Gasteiger partial charge is 0.271 e. The minimum absolute atomic E-state index is 0.337. The zero-order valence-corrected chi connectivity index (χ0v) is 13.2. The molecule has 2 rings (SSSR count). The van der Waals surface area contributed by atoms with Crippen molar-refractivity contribution in [1.29, 1.82) is 0 Å². The highest BCUT2D eigenvalue weighted by Crippen LogP contribution is 2.69. The Morgan fingerprint density at radius 2 is 1.89 bits per heavy atom. The molecule has 0 saturated heterocycles. The van der Waals surface area contributed by atoms with Gasteiger partial charge in [-0.2, -0.15) is 0 Å². The molecule has 0 amide bonds. The Hall–Kier alpha value is -0.380. The molecule has 18 heavy (non-hydrogen) atoms. The predicted molar refractivity (Wildman–Crippen MR) is 80.0 cm³/mol. The third kappa shape index (κ3) is 2.24. The van der Waals surface area contributed by atoms with E-state index in [1.54, 1.807) is 0 Å². The fraction of sp³-hybridized carbons (Fsp3) is 0.600. The van der Waals surface area contributed by atoms with Gasteiger partial charge < -0.3 is 0 Å². The van der Waals surface area contributed by atoms with Gasteiger partial charge in [0.05, 0.1) is 0 Å². The van der Waals surface area contributed by atoms with E-state index in [1.807, 2.05) is 0 Å². The van der Waals surface area contributed by atoms with Gasteiger partial charge in [0.2, 0.25) is 0 Å². The summed E-state index contributed by atoms with van der Waals surface area (Å²) in [5, 5.41) is 0. The molecule has 0 aromatic heterocycles. The number of hydrazine groups is 1. The number of nitrogens with two attached hydrogens (primary N) is 1. The smallest absolute Gasteiger partial charge is 0.0289 e. The van der Waals surface area contributed by atoms with Crippen LogP contribution in [0.15, 0.2) is 28.7 Å². The Balaban J connectivity index is 2.13. The minimum Gasteiger partial charge on any atom is -0.271 e. The maximum absolute atomic E-state index is 5.78. The first-order chi connectivity index (χ1) is 8.30. The van der Waals surface area contributed by atoms with E-state index in [1.165, 1.54) is 5.56 Å². The van der Waals surface area contributed by atoms with Crippen molar-refractivity contribution in [3.8, 4) is 0 Å².